The predicted molar refractivity (Wildman–Crippen MR) is 114 cm³/mol. The fourth-order valence-electron chi connectivity index (χ4n) is 4.14. The zero-order chi connectivity index (χ0) is 21.4. The Kier molecular flexibility index (Phi) is 5.46. The monoisotopic (exact) mass is 430 g/mol. The van der Waals surface area contributed by atoms with Gasteiger partial charge in [-0.2, -0.15) is 0 Å². The molecule has 0 bridgehead atoms. The van der Waals surface area contributed by atoms with E-state index < -0.39 is 15.4 Å². The Labute approximate surface area is 177 Å². The Balaban J connectivity index is 1.59. The molecule has 0 unspecified atom stereocenters. The van der Waals surface area contributed by atoms with Gasteiger partial charge in [0.05, 0.1) is 10.3 Å². The third-order valence-corrected chi connectivity index (χ3v) is 7.71. The van der Waals surface area contributed by atoms with Crippen LogP contribution < -0.4 is 14.8 Å². The first kappa shape index (κ1) is 20.7. The van der Waals surface area contributed by atoms with Gasteiger partial charge in [-0.25, -0.2) is 12.7 Å². The third kappa shape index (κ3) is 3.65. The van der Waals surface area contributed by atoms with Crippen LogP contribution in [-0.4, -0.2) is 45.9 Å². The predicted octanol–water partition coefficient (Wildman–Crippen LogP) is 3.16. The van der Waals surface area contributed by atoms with Gasteiger partial charge in [0.2, 0.25) is 15.9 Å². The molecule has 8 heteroatoms. The molecule has 0 saturated heterocycles. The molecule has 30 heavy (non-hydrogen) atoms. The molecule has 1 aliphatic carbocycles. The number of fused-ring (bicyclic) bond motifs is 1. The normalized spacial score (nSPS) is 17.7. The first-order chi connectivity index (χ1) is 14.3. The van der Waals surface area contributed by atoms with Crippen molar-refractivity contribution in [2.75, 3.05) is 32.6 Å². The zero-order valence-corrected chi connectivity index (χ0v) is 18.0. The molecule has 1 fully saturated rings. The van der Waals surface area contributed by atoms with Gasteiger partial charge in [-0.3, -0.25) is 4.79 Å². The summed E-state index contributed by atoms with van der Waals surface area (Å²) in [6.07, 6.45) is 3.46. The van der Waals surface area contributed by atoms with Gasteiger partial charge in [0.25, 0.3) is 0 Å². The number of ether oxygens (including phenoxy) is 2. The summed E-state index contributed by atoms with van der Waals surface area (Å²) in [4.78, 5) is 13.6. The van der Waals surface area contributed by atoms with Crippen LogP contribution in [0.3, 0.4) is 0 Å². The molecule has 2 aliphatic rings. The topological polar surface area (TPSA) is 84.9 Å². The van der Waals surface area contributed by atoms with E-state index in [1.54, 1.807) is 12.1 Å². The van der Waals surface area contributed by atoms with Crippen LogP contribution in [0.2, 0.25) is 0 Å². The number of amides is 1. The highest BCUT2D eigenvalue weighted by Crippen LogP contribution is 2.45. The SMILES string of the molecule is CN(C)S(=O)(=O)c1ccc(NC(=O)C2(c3ccc4c(c3)OCCO4)CCCC2)cc1. The molecule has 4 rings (SSSR count). The summed E-state index contributed by atoms with van der Waals surface area (Å²) in [6, 6.07) is 12.0. The Hall–Kier alpha value is -2.58. The molecule has 7 nitrogen and oxygen atoms in total. The van der Waals surface area contributed by atoms with Crippen molar-refractivity contribution in [3.05, 3.63) is 48.0 Å². The van der Waals surface area contributed by atoms with Crippen molar-refractivity contribution < 1.29 is 22.7 Å². The maximum absolute atomic E-state index is 13.4. The van der Waals surface area contributed by atoms with Gasteiger partial charge in [0.1, 0.15) is 13.2 Å². The van der Waals surface area contributed by atoms with E-state index in [1.807, 2.05) is 18.2 Å². The molecule has 0 spiro atoms. The minimum Gasteiger partial charge on any atom is -0.486 e. The zero-order valence-electron chi connectivity index (χ0n) is 17.2. The highest BCUT2D eigenvalue weighted by atomic mass is 32.2. The van der Waals surface area contributed by atoms with Gasteiger partial charge in [0.15, 0.2) is 11.5 Å². The Morgan fingerprint density at radius 2 is 1.60 bits per heavy atom. The summed E-state index contributed by atoms with van der Waals surface area (Å²) in [5, 5.41) is 2.99. The molecule has 160 valence electrons. The number of nitrogens with one attached hydrogen (secondary N) is 1. The minimum absolute atomic E-state index is 0.0834. The molecule has 1 aliphatic heterocycles. The second-order valence-electron chi connectivity index (χ2n) is 7.91. The van der Waals surface area contributed by atoms with E-state index in [4.69, 9.17) is 9.47 Å². The standard InChI is InChI=1S/C22H26N2O5S/c1-24(2)30(26,27)18-8-6-17(7-9-18)23-21(25)22(11-3-4-12-22)16-5-10-19-20(15-16)29-14-13-28-19/h5-10,15H,3-4,11-14H2,1-2H3,(H,23,25). The molecular weight excluding hydrogens is 404 g/mol. The number of nitrogens with zero attached hydrogens (tertiary/aromatic N) is 1. The molecule has 2 aromatic carbocycles. The fraction of sp³-hybridized carbons (Fsp3) is 0.409. The van der Waals surface area contributed by atoms with Crippen LogP contribution in [0.4, 0.5) is 5.69 Å². The summed E-state index contributed by atoms with van der Waals surface area (Å²) in [5.74, 6) is 1.30. The lowest BCUT2D eigenvalue weighted by Gasteiger charge is -2.30. The molecule has 2 aromatic rings. The van der Waals surface area contributed by atoms with Crippen LogP contribution in [0, 0.1) is 0 Å². The molecular formula is C22H26N2O5S. The van der Waals surface area contributed by atoms with Crippen LogP contribution in [0.25, 0.3) is 0 Å². The third-order valence-electron chi connectivity index (χ3n) is 5.88. The number of carbonyl (C=O) groups is 1. The van der Waals surface area contributed by atoms with Gasteiger partial charge in [0, 0.05) is 19.8 Å². The molecule has 1 saturated carbocycles. The lowest BCUT2D eigenvalue weighted by Crippen LogP contribution is -2.38. The highest BCUT2D eigenvalue weighted by Gasteiger charge is 2.43. The van der Waals surface area contributed by atoms with Crippen molar-refractivity contribution in [2.45, 2.75) is 36.0 Å². The Morgan fingerprint density at radius 1 is 0.967 bits per heavy atom. The van der Waals surface area contributed by atoms with Crippen molar-refractivity contribution in [3.63, 3.8) is 0 Å². The maximum Gasteiger partial charge on any atom is 0.242 e. The molecule has 1 N–H and O–H groups in total. The van der Waals surface area contributed by atoms with E-state index in [0.717, 1.165) is 35.6 Å². The van der Waals surface area contributed by atoms with Crippen molar-refractivity contribution in [1.82, 2.24) is 4.31 Å². The van der Waals surface area contributed by atoms with E-state index in [0.29, 0.717) is 30.4 Å². The van der Waals surface area contributed by atoms with Crippen molar-refractivity contribution in [1.29, 1.82) is 0 Å². The molecule has 0 atom stereocenters. The molecule has 0 radical (unpaired) electrons. The van der Waals surface area contributed by atoms with Crippen LogP contribution in [0.5, 0.6) is 11.5 Å². The first-order valence-electron chi connectivity index (χ1n) is 10.1. The average Bonchev–Trinajstić information content (AvgIpc) is 3.25. The van der Waals surface area contributed by atoms with Crippen molar-refractivity contribution in [3.8, 4) is 11.5 Å². The van der Waals surface area contributed by atoms with Gasteiger partial charge < -0.3 is 14.8 Å². The molecule has 0 aromatic heterocycles. The van der Waals surface area contributed by atoms with Crippen LogP contribution in [0.15, 0.2) is 47.4 Å². The number of anilines is 1. The number of rotatable bonds is 5. The van der Waals surface area contributed by atoms with E-state index in [1.165, 1.54) is 26.2 Å². The Bertz CT molecular complexity index is 1040. The number of carbonyl (C=O) groups excluding carboxylic acids is 1. The molecule has 1 amide bonds. The van der Waals surface area contributed by atoms with Gasteiger partial charge >= 0.3 is 0 Å². The summed E-state index contributed by atoms with van der Waals surface area (Å²) < 4.78 is 37.0. The summed E-state index contributed by atoms with van der Waals surface area (Å²) in [6.45, 7) is 1.02. The van der Waals surface area contributed by atoms with E-state index in [-0.39, 0.29) is 10.8 Å². The second-order valence-corrected chi connectivity index (χ2v) is 10.1. The van der Waals surface area contributed by atoms with Crippen LogP contribution >= 0.6 is 0 Å². The summed E-state index contributed by atoms with van der Waals surface area (Å²) >= 11 is 0. The summed E-state index contributed by atoms with van der Waals surface area (Å²) in [7, 11) is -0.530. The van der Waals surface area contributed by atoms with E-state index in [2.05, 4.69) is 5.32 Å². The summed E-state index contributed by atoms with van der Waals surface area (Å²) in [5.41, 5.74) is 0.861. The first-order valence-corrected chi connectivity index (χ1v) is 11.5. The highest BCUT2D eigenvalue weighted by molar-refractivity contribution is 7.89. The fourth-order valence-corrected chi connectivity index (χ4v) is 5.04. The van der Waals surface area contributed by atoms with Crippen molar-refractivity contribution in [2.24, 2.45) is 0 Å². The van der Waals surface area contributed by atoms with Gasteiger partial charge in [-0.15, -0.1) is 0 Å². The number of hydrogen-bond acceptors (Lipinski definition) is 5. The minimum atomic E-state index is -3.51. The Morgan fingerprint density at radius 3 is 2.23 bits per heavy atom. The number of benzene rings is 2. The quantitative estimate of drug-likeness (QED) is 0.788. The molecule has 1 heterocycles. The van der Waals surface area contributed by atoms with Gasteiger partial charge in [-0.1, -0.05) is 18.9 Å². The van der Waals surface area contributed by atoms with E-state index >= 15 is 0 Å². The lowest BCUT2D eigenvalue weighted by molar-refractivity contribution is -0.121. The average molecular weight is 431 g/mol. The lowest BCUT2D eigenvalue weighted by atomic mass is 9.77. The number of sulfonamides is 1. The second kappa shape index (κ2) is 7.92. The van der Waals surface area contributed by atoms with Crippen LogP contribution in [0.1, 0.15) is 31.2 Å². The largest absolute Gasteiger partial charge is 0.486 e. The maximum atomic E-state index is 13.4. The van der Waals surface area contributed by atoms with Gasteiger partial charge in [-0.05, 0) is 54.8 Å². The van der Waals surface area contributed by atoms with Crippen LogP contribution in [-0.2, 0) is 20.2 Å². The van der Waals surface area contributed by atoms with Crippen molar-refractivity contribution >= 4 is 21.6 Å². The number of hydrogen-bond donors (Lipinski definition) is 1. The van der Waals surface area contributed by atoms with E-state index in [9.17, 15) is 13.2 Å². The smallest absolute Gasteiger partial charge is 0.242 e.